The second kappa shape index (κ2) is 6.05. The van der Waals surface area contributed by atoms with E-state index in [1.165, 1.54) is 0 Å². The van der Waals surface area contributed by atoms with Gasteiger partial charge in [-0.15, -0.1) is 11.6 Å². The maximum absolute atomic E-state index is 11.6. The Balaban J connectivity index is 3.79. The van der Waals surface area contributed by atoms with Crippen LogP contribution < -0.4 is 0 Å². The zero-order valence-corrected chi connectivity index (χ0v) is 8.83. The van der Waals surface area contributed by atoms with Gasteiger partial charge in [0, 0.05) is 6.16 Å². The van der Waals surface area contributed by atoms with Crippen LogP contribution in [0.25, 0.3) is 0 Å². The molecule has 0 fully saturated rings. The fraction of sp³-hybridized carbons (Fsp3) is 1.00. The van der Waals surface area contributed by atoms with Gasteiger partial charge in [0.15, 0.2) is 0 Å². The maximum atomic E-state index is 11.6. The first-order chi connectivity index (χ1) is 5.18. The Morgan fingerprint density at radius 1 is 1.36 bits per heavy atom. The van der Waals surface area contributed by atoms with E-state index in [4.69, 9.17) is 16.1 Å². The summed E-state index contributed by atoms with van der Waals surface area (Å²) in [6.45, 7) is 4.53. The van der Waals surface area contributed by atoms with Crippen molar-refractivity contribution in [3.8, 4) is 0 Å². The Hall–Kier alpha value is 0.480. The van der Waals surface area contributed by atoms with Crippen molar-refractivity contribution in [2.24, 2.45) is 0 Å². The predicted molar refractivity (Wildman–Crippen MR) is 49.7 cm³/mol. The number of alkyl halides is 1. The lowest BCUT2D eigenvalue weighted by Crippen LogP contribution is -1.97. The molecule has 2 nitrogen and oxygen atoms in total. The number of halogens is 1. The van der Waals surface area contributed by atoms with Gasteiger partial charge < -0.3 is 4.52 Å². The van der Waals surface area contributed by atoms with Crippen LogP contribution in [0.2, 0.25) is 0 Å². The molecule has 0 saturated carbocycles. The normalized spacial score (nSPS) is 16.3. The monoisotopic (exact) mass is 198 g/mol. The third kappa shape index (κ3) is 4.84. The van der Waals surface area contributed by atoms with Crippen LogP contribution in [0.1, 0.15) is 26.7 Å². The zero-order valence-electron chi connectivity index (χ0n) is 7.18. The van der Waals surface area contributed by atoms with Crippen molar-refractivity contribution in [2.75, 3.05) is 18.4 Å². The Kier molecular flexibility index (Phi) is 6.31. The van der Waals surface area contributed by atoms with Crippen LogP contribution >= 0.6 is 19.0 Å². The Labute approximate surface area is 73.7 Å². The van der Waals surface area contributed by atoms with Gasteiger partial charge in [-0.2, -0.15) is 0 Å². The quantitative estimate of drug-likeness (QED) is 0.484. The van der Waals surface area contributed by atoms with E-state index in [1.54, 1.807) is 0 Å². The van der Waals surface area contributed by atoms with Crippen LogP contribution in [0.15, 0.2) is 0 Å². The van der Waals surface area contributed by atoms with Crippen LogP contribution in [0.4, 0.5) is 0 Å². The van der Waals surface area contributed by atoms with Crippen LogP contribution in [0.5, 0.6) is 0 Å². The lowest BCUT2D eigenvalue weighted by atomic mass is 10.5. The van der Waals surface area contributed by atoms with Gasteiger partial charge in [-0.3, -0.25) is 4.57 Å². The topological polar surface area (TPSA) is 26.3 Å². The predicted octanol–water partition coefficient (Wildman–Crippen LogP) is 3.30. The molecule has 0 spiro atoms. The third-order valence-corrected chi connectivity index (χ3v) is 4.52. The summed E-state index contributed by atoms with van der Waals surface area (Å²) in [5, 5.41) is 0. The van der Waals surface area contributed by atoms with Gasteiger partial charge in [-0.1, -0.05) is 13.8 Å². The summed E-state index contributed by atoms with van der Waals surface area (Å²) in [5.74, 6) is 0. The fourth-order valence-corrected chi connectivity index (χ4v) is 2.84. The Morgan fingerprint density at radius 2 is 2.00 bits per heavy atom. The molecule has 0 radical (unpaired) electrons. The largest absolute Gasteiger partial charge is 0.328 e. The summed E-state index contributed by atoms with van der Waals surface area (Å²) >= 11 is 5.54. The Morgan fingerprint density at radius 3 is 2.36 bits per heavy atom. The molecule has 0 N–H and O–H groups in total. The highest BCUT2D eigenvalue weighted by molar-refractivity contribution is 7.60. The van der Waals surface area contributed by atoms with Crippen LogP contribution in [0.3, 0.4) is 0 Å². The van der Waals surface area contributed by atoms with E-state index in [-0.39, 0.29) is 5.62 Å². The average molecular weight is 199 g/mol. The van der Waals surface area contributed by atoms with E-state index in [1.807, 2.05) is 13.8 Å². The highest BCUT2D eigenvalue weighted by atomic mass is 35.5. The minimum atomic E-state index is -2.45. The van der Waals surface area contributed by atoms with Gasteiger partial charge in [-0.25, -0.2) is 0 Å². The standard InChI is InChI=1S/C7H16ClO2P/c1-3-5-10-11(9,7-8)6-4-2/h3-7H2,1-2H3/t11-/m1/s1. The van der Waals surface area contributed by atoms with Crippen molar-refractivity contribution in [3.63, 3.8) is 0 Å². The summed E-state index contributed by atoms with van der Waals surface area (Å²) in [6.07, 6.45) is 2.37. The summed E-state index contributed by atoms with van der Waals surface area (Å²) in [6, 6.07) is 0. The molecule has 0 unspecified atom stereocenters. The van der Waals surface area contributed by atoms with E-state index >= 15 is 0 Å². The van der Waals surface area contributed by atoms with Gasteiger partial charge >= 0.3 is 0 Å². The molecular formula is C7H16ClO2P. The van der Waals surface area contributed by atoms with Gasteiger partial charge in [0.1, 0.15) is 0 Å². The van der Waals surface area contributed by atoms with Gasteiger partial charge in [0.05, 0.1) is 12.2 Å². The first kappa shape index (κ1) is 11.5. The molecule has 0 amide bonds. The molecule has 0 aromatic rings. The number of hydrogen-bond acceptors (Lipinski definition) is 2. The van der Waals surface area contributed by atoms with Crippen molar-refractivity contribution in [2.45, 2.75) is 26.7 Å². The molecular weight excluding hydrogens is 183 g/mol. The van der Waals surface area contributed by atoms with Crippen LogP contribution in [0, 0.1) is 0 Å². The van der Waals surface area contributed by atoms with E-state index in [2.05, 4.69) is 0 Å². The highest BCUT2D eigenvalue weighted by Gasteiger charge is 2.19. The summed E-state index contributed by atoms with van der Waals surface area (Å²) < 4.78 is 16.8. The second-order valence-electron chi connectivity index (χ2n) is 2.49. The van der Waals surface area contributed by atoms with Crippen molar-refractivity contribution in [1.29, 1.82) is 0 Å². The van der Waals surface area contributed by atoms with Crippen molar-refractivity contribution < 1.29 is 9.09 Å². The molecule has 0 bridgehead atoms. The molecule has 0 heterocycles. The highest BCUT2D eigenvalue weighted by Crippen LogP contribution is 2.48. The van der Waals surface area contributed by atoms with Crippen molar-refractivity contribution in [1.82, 2.24) is 0 Å². The molecule has 11 heavy (non-hydrogen) atoms. The molecule has 0 rings (SSSR count). The Bertz CT molecular complexity index is 138. The minimum absolute atomic E-state index is 0.154. The SMILES string of the molecule is CCCO[P@@](=O)(CCl)CCC. The number of rotatable bonds is 6. The molecule has 0 aliphatic rings. The van der Waals surface area contributed by atoms with E-state index in [0.29, 0.717) is 12.8 Å². The molecule has 0 aliphatic carbocycles. The van der Waals surface area contributed by atoms with Crippen LogP contribution in [-0.2, 0) is 9.09 Å². The van der Waals surface area contributed by atoms with Gasteiger partial charge in [0.25, 0.3) is 0 Å². The second-order valence-corrected chi connectivity index (χ2v) is 5.78. The molecule has 0 aromatic carbocycles. The summed E-state index contributed by atoms with van der Waals surface area (Å²) in [4.78, 5) is 0. The van der Waals surface area contributed by atoms with Crippen molar-refractivity contribution in [3.05, 3.63) is 0 Å². The lowest BCUT2D eigenvalue weighted by Gasteiger charge is -2.13. The van der Waals surface area contributed by atoms with Gasteiger partial charge in [0.2, 0.25) is 7.37 Å². The van der Waals surface area contributed by atoms with Crippen molar-refractivity contribution >= 4 is 19.0 Å². The first-order valence-electron chi connectivity index (χ1n) is 3.97. The molecule has 0 aromatic heterocycles. The molecule has 0 aliphatic heterocycles. The maximum Gasteiger partial charge on any atom is 0.217 e. The summed E-state index contributed by atoms with van der Waals surface area (Å²) in [5.41, 5.74) is 0.154. The molecule has 68 valence electrons. The smallest absolute Gasteiger partial charge is 0.217 e. The summed E-state index contributed by atoms with van der Waals surface area (Å²) in [7, 11) is -2.45. The fourth-order valence-electron chi connectivity index (χ4n) is 0.757. The van der Waals surface area contributed by atoms with Crippen LogP contribution in [-0.4, -0.2) is 18.4 Å². The first-order valence-corrected chi connectivity index (χ1v) is 6.50. The van der Waals surface area contributed by atoms with Gasteiger partial charge in [-0.05, 0) is 12.8 Å². The minimum Gasteiger partial charge on any atom is -0.328 e. The third-order valence-electron chi connectivity index (χ3n) is 1.28. The lowest BCUT2D eigenvalue weighted by molar-refractivity contribution is 0.315. The molecule has 4 heteroatoms. The zero-order chi connectivity index (χ0) is 8.74. The van der Waals surface area contributed by atoms with E-state index in [0.717, 1.165) is 12.8 Å². The average Bonchev–Trinajstić information content (AvgIpc) is 2.02. The van der Waals surface area contributed by atoms with E-state index in [9.17, 15) is 4.57 Å². The molecule has 1 atom stereocenters. The molecule has 0 saturated heterocycles. The van der Waals surface area contributed by atoms with E-state index < -0.39 is 7.37 Å². The number of hydrogen-bond donors (Lipinski definition) is 0.